The van der Waals surface area contributed by atoms with Crippen molar-refractivity contribution in [2.75, 3.05) is 13.2 Å². The number of halogens is 1. The minimum Gasteiger partial charge on any atom is -0.491 e. The summed E-state index contributed by atoms with van der Waals surface area (Å²) in [6.07, 6.45) is 2.51. The SMILES string of the molecule is Cc1cc(Cl)ccc1OCC1CCCO1. The molecule has 0 N–H and O–H groups in total. The van der Waals surface area contributed by atoms with E-state index in [0.29, 0.717) is 6.61 Å². The van der Waals surface area contributed by atoms with Gasteiger partial charge in [-0.3, -0.25) is 0 Å². The molecule has 0 aromatic heterocycles. The topological polar surface area (TPSA) is 18.5 Å². The Bertz CT molecular complexity index is 332. The lowest BCUT2D eigenvalue weighted by molar-refractivity contribution is 0.0677. The summed E-state index contributed by atoms with van der Waals surface area (Å²) in [5, 5.41) is 0.747. The molecule has 1 unspecified atom stereocenters. The van der Waals surface area contributed by atoms with E-state index in [0.717, 1.165) is 35.8 Å². The lowest BCUT2D eigenvalue weighted by atomic mass is 10.2. The first kappa shape index (κ1) is 10.8. The Kier molecular flexibility index (Phi) is 3.49. The molecule has 0 amide bonds. The van der Waals surface area contributed by atoms with Crippen molar-refractivity contribution in [3.05, 3.63) is 28.8 Å². The second-order valence-electron chi connectivity index (χ2n) is 3.86. The van der Waals surface area contributed by atoms with Crippen LogP contribution in [0.3, 0.4) is 0 Å². The summed E-state index contributed by atoms with van der Waals surface area (Å²) < 4.78 is 11.2. The average Bonchev–Trinajstić information content (AvgIpc) is 2.69. The molecule has 1 heterocycles. The predicted molar refractivity (Wildman–Crippen MR) is 60.7 cm³/mol. The summed E-state index contributed by atoms with van der Waals surface area (Å²) in [6.45, 7) is 3.51. The van der Waals surface area contributed by atoms with E-state index in [-0.39, 0.29) is 6.10 Å². The van der Waals surface area contributed by atoms with Crippen molar-refractivity contribution in [3.63, 3.8) is 0 Å². The lowest BCUT2D eigenvalue weighted by Gasteiger charge is -2.13. The summed E-state index contributed by atoms with van der Waals surface area (Å²) in [5.74, 6) is 0.898. The molecule has 15 heavy (non-hydrogen) atoms. The van der Waals surface area contributed by atoms with Gasteiger partial charge in [0.2, 0.25) is 0 Å². The Balaban J connectivity index is 1.92. The van der Waals surface area contributed by atoms with Gasteiger partial charge in [0.05, 0.1) is 6.10 Å². The Labute approximate surface area is 95.1 Å². The Morgan fingerprint density at radius 1 is 1.53 bits per heavy atom. The van der Waals surface area contributed by atoms with E-state index < -0.39 is 0 Å². The smallest absolute Gasteiger partial charge is 0.122 e. The van der Waals surface area contributed by atoms with Crippen LogP contribution in [0.4, 0.5) is 0 Å². The van der Waals surface area contributed by atoms with Gasteiger partial charge in [0.15, 0.2) is 0 Å². The van der Waals surface area contributed by atoms with Crippen LogP contribution in [0.5, 0.6) is 5.75 Å². The molecule has 0 saturated carbocycles. The van der Waals surface area contributed by atoms with Gasteiger partial charge in [-0.2, -0.15) is 0 Å². The zero-order valence-corrected chi connectivity index (χ0v) is 9.59. The minimum absolute atomic E-state index is 0.264. The second-order valence-corrected chi connectivity index (χ2v) is 4.29. The zero-order chi connectivity index (χ0) is 10.7. The highest BCUT2D eigenvalue weighted by molar-refractivity contribution is 6.30. The molecule has 0 aliphatic carbocycles. The van der Waals surface area contributed by atoms with E-state index in [4.69, 9.17) is 21.1 Å². The largest absolute Gasteiger partial charge is 0.491 e. The van der Waals surface area contributed by atoms with E-state index in [2.05, 4.69) is 0 Å². The number of hydrogen-bond acceptors (Lipinski definition) is 2. The minimum atomic E-state index is 0.264. The molecular weight excluding hydrogens is 212 g/mol. The zero-order valence-electron chi connectivity index (χ0n) is 8.83. The van der Waals surface area contributed by atoms with Gasteiger partial charge >= 0.3 is 0 Å². The molecular formula is C12H15ClO2. The Morgan fingerprint density at radius 2 is 2.40 bits per heavy atom. The summed E-state index contributed by atoms with van der Waals surface area (Å²) in [4.78, 5) is 0. The summed E-state index contributed by atoms with van der Waals surface area (Å²) in [6, 6.07) is 5.67. The van der Waals surface area contributed by atoms with Crippen molar-refractivity contribution in [1.29, 1.82) is 0 Å². The molecule has 1 aliphatic heterocycles. The third-order valence-corrected chi connectivity index (χ3v) is 2.82. The Hall–Kier alpha value is -0.730. The monoisotopic (exact) mass is 226 g/mol. The van der Waals surface area contributed by atoms with Crippen molar-refractivity contribution < 1.29 is 9.47 Å². The predicted octanol–water partition coefficient (Wildman–Crippen LogP) is 3.21. The van der Waals surface area contributed by atoms with Gasteiger partial charge in [-0.25, -0.2) is 0 Å². The molecule has 1 fully saturated rings. The molecule has 1 saturated heterocycles. The van der Waals surface area contributed by atoms with Gasteiger partial charge in [-0.05, 0) is 43.5 Å². The van der Waals surface area contributed by atoms with E-state index in [1.807, 2.05) is 25.1 Å². The van der Waals surface area contributed by atoms with Crippen molar-refractivity contribution >= 4 is 11.6 Å². The molecule has 2 nitrogen and oxygen atoms in total. The fourth-order valence-corrected chi connectivity index (χ4v) is 1.96. The van der Waals surface area contributed by atoms with Crippen LogP contribution in [-0.2, 0) is 4.74 Å². The van der Waals surface area contributed by atoms with Crippen LogP contribution in [0, 0.1) is 6.92 Å². The highest BCUT2D eigenvalue weighted by atomic mass is 35.5. The first-order valence-corrected chi connectivity index (χ1v) is 5.64. The van der Waals surface area contributed by atoms with Crippen LogP contribution in [0.25, 0.3) is 0 Å². The molecule has 1 atom stereocenters. The lowest BCUT2D eigenvalue weighted by Crippen LogP contribution is -2.16. The first-order valence-electron chi connectivity index (χ1n) is 5.26. The molecule has 0 radical (unpaired) electrons. The summed E-state index contributed by atoms with van der Waals surface area (Å²) >= 11 is 5.86. The number of rotatable bonds is 3. The van der Waals surface area contributed by atoms with Crippen LogP contribution >= 0.6 is 11.6 Å². The molecule has 1 aromatic carbocycles. The maximum absolute atomic E-state index is 5.86. The van der Waals surface area contributed by atoms with E-state index in [9.17, 15) is 0 Å². The van der Waals surface area contributed by atoms with Crippen molar-refractivity contribution in [1.82, 2.24) is 0 Å². The van der Waals surface area contributed by atoms with E-state index in [1.54, 1.807) is 0 Å². The maximum Gasteiger partial charge on any atom is 0.122 e. The van der Waals surface area contributed by atoms with Crippen LogP contribution in [-0.4, -0.2) is 19.3 Å². The third kappa shape index (κ3) is 2.86. The van der Waals surface area contributed by atoms with Crippen molar-refractivity contribution in [2.45, 2.75) is 25.9 Å². The van der Waals surface area contributed by atoms with Crippen LogP contribution in [0.15, 0.2) is 18.2 Å². The second kappa shape index (κ2) is 4.86. The van der Waals surface area contributed by atoms with Crippen LogP contribution in [0.2, 0.25) is 5.02 Å². The number of hydrogen-bond donors (Lipinski definition) is 0. The summed E-state index contributed by atoms with van der Waals surface area (Å²) in [5.41, 5.74) is 1.07. The van der Waals surface area contributed by atoms with Gasteiger partial charge in [0.25, 0.3) is 0 Å². The van der Waals surface area contributed by atoms with Gasteiger partial charge < -0.3 is 9.47 Å². The summed E-state index contributed by atoms with van der Waals surface area (Å²) in [7, 11) is 0. The molecule has 0 bridgehead atoms. The number of ether oxygens (including phenoxy) is 2. The molecule has 1 aliphatic rings. The van der Waals surface area contributed by atoms with Crippen molar-refractivity contribution in [2.24, 2.45) is 0 Å². The maximum atomic E-state index is 5.86. The molecule has 1 aromatic rings. The fraction of sp³-hybridized carbons (Fsp3) is 0.500. The van der Waals surface area contributed by atoms with Gasteiger partial charge in [0, 0.05) is 11.6 Å². The van der Waals surface area contributed by atoms with Gasteiger partial charge in [-0.1, -0.05) is 11.6 Å². The first-order chi connectivity index (χ1) is 7.25. The standard InChI is InChI=1S/C12H15ClO2/c1-9-7-10(13)4-5-12(9)15-8-11-3-2-6-14-11/h4-5,7,11H,2-3,6,8H2,1H3. The molecule has 2 rings (SSSR count). The third-order valence-electron chi connectivity index (χ3n) is 2.59. The highest BCUT2D eigenvalue weighted by Gasteiger charge is 2.16. The quantitative estimate of drug-likeness (QED) is 0.788. The van der Waals surface area contributed by atoms with Crippen LogP contribution < -0.4 is 4.74 Å². The average molecular weight is 227 g/mol. The van der Waals surface area contributed by atoms with Gasteiger partial charge in [0.1, 0.15) is 12.4 Å². The van der Waals surface area contributed by atoms with Crippen molar-refractivity contribution in [3.8, 4) is 5.75 Å². The number of benzene rings is 1. The van der Waals surface area contributed by atoms with Crippen LogP contribution in [0.1, 0.15) is 18.4 Å². The normalized spacial score (nSPS) is 20.5. The Morgan fingerprint density at radius 3 is 3.07 bits per heavy atom. The fourth-order valence-electron chi connectivity index (χ4n) is 1.73. The molecule has 82 valence electrons. The molecule has 3 heteroatoms. The van der Waals surface area contributed by atoms with E-state index in [1.165, 1.54) is 0 Å². The van der Waals surface area contributed by atoms with E-state index >= 15 is 0 Å². The molecule has 0 spiro atoms. The number of aryl methyl sites for hydroxylation is 1. The highest BCUT2D eigenvalue weighted by Crippen LogP contribution is 2.23. The van der Waals surface area contributed by atoms with Gasteiger partial charge in [-0.15, -0.1) is 0 Å².